The first-order valence-electron chi connectivity index (χ1n) is 7.44. The molecule has 5 rings (SSSR count). The first-order chi connectivity index (χ1) is 8.27. The average molecular weight is 232 g/mol. The van der Waals surface area contributed by atoms with Crippen molar-refractivity contribution in [3.8, 4) is 0 Å². The molecule has 4 aliphatic carbocycles. The molecule has 17 heavy (non-hydrogen) atoms. The van der Waals surface area contributed by atoms with Crippen LogP contribution in [0, 0.1) is 53.3 Å². The summed E-state index contributed by atoms with van der Waals surface area (Å²) in [5.41, 5.74) is 0. The van der Waals surface area contributed by atoms with Gasteiger partial charge < -0.3 is 4.74 Å². The third kappa shape index (κ3) is 0.850. The van der Waals surface area contributed by atoms with Crippen molar-refractivity contribution in [2.75, 3.05) is 6.61 Å². The van der Waals surface area contributed by atoms with Crippen molar-refractivity contribution < 1.29 is 9.53 Å². The summed E-state index contributed by atoms with van der Waals surface area (Å²) < 4.78 is 5.34. The summed E-state index contributed by atoms with van der Waals surface area (Å²) in [7, 11) is 0. The van der Waals surface area contributed by atoms with E-state index in [2.05, 4.69) is 6.92 Å². The van der Waals surface area contributed by atoms with E-state index >= 15 is 0 Å². The van der Waals surface area contributed by atoms with E-state index in [0.717, 1.165) is 42.1 Å². The minimum Gasteiger partial charge on any atom is -0.465 e. The van der Waals surface area contributed by atoms with Gasteiger partial charge in [0.2, 0.25) is 0 Å². The van der Waals surface area contributed by atoms with Gasteiger partial charge in [-0.25, -0.2) is 0 Å². The van der Waals surface area contributed by atoms with E-state index in [1.165, 1.54) is 19.3 Å². The monoisotopic (exact) mass is 232 g/mol. The van der Waals surface area contributed by atoms with Crippen LogP contribution in [0.25, 0.3) is 0 Å². The fourth-order valence-electron chi connectivity index (χ4n) is 7.00. The highest BCUT2D eigenvalue weighted by molar-refractivity contribution is 5.76. The van der Waals surface area contributed by atoms with Gasteiger partial charge in [0.05, 0.1) is 12.5 Å². The molecule has 1 aliphatic heterocycles. The molecule has 0 N–H and O–H groups in total. The van der Waals surface area contributed by atoms with Gasteiger partial charge in [-0.2, -0.15) is 0 Å². The van der Waals surface area contributed by atoms with E-state index < -0.39 is 0 Å². The van der Waals surface area contributed by atoms with Crippen molar-refractivity contribution >= 4 is 5.97 Å². The molecule has 5 aliphatic rings. The summed E-state index contributed by atoms with van der Waals surface area (Å²) in [4.78, 5) is 11.9. The summed E-state index contributed by atoms with van der Waals surface area (Å²) in [5.74, 6) is 7.41. The number of carbonyl (C=O) groups is 1. The first-order valence-corrected chi connectivity index (χ1v) is 7.44. The number of cyclic esters (lactones) is 1. The van der Waals surface area contributed by atoms with Gasteiger partial charge in [-0.15, -0.1) is 0 Å². The Morgan fingerprint density at radius 3 is 2.47 bits per heavy atom. The zero-order valence-corrected chi connectivity index (χ0v) is 10.3. The van der Waals surface area contributed by atoms with Crippen molar-refractivity contribution in [2.24, 2.45) is 53.3 Å². The molecule has 9 unspecified atom stereocenters. The summed E-state index contributed by atoms with van der Waals surface area (Å²) in [6.45, 7) is 3.23. The van der Waals surface area contributed by atoms with Crippen molar-refractivity contribution in [3.05, 3.63) is 0 Å². The van der Waals surface area contributed by atoms with E-state index in [-0.39, 0.29) is 5.97 Å². The molecule has 9 atom stereocenters. The predicted molar refractivity (Wildman–Crippen MR) is 61.9 cm³/mol. The third-order valence-electron chi connectivity index (χ3n) is 7.31. The number of hydrogen-bond acceptors (Lipinski definition) is 2. The van der Waals surface area contributed by atoms with Gasteiger partial charge in [0.25, 0.3) is 0 Å². The zero-order chi connectivity index (χ0) is 11.3. The summed E-state index contributed by atoms with van der Waals surface area (Å²) in [5, 5.41) is 0. The standard InChI is InChI=1S/C15H20O2/c1-6-7-2-3-8(6)13-10-4-9(12(7)13)11-5-17-15(16)14(10)11/h6-14H,2-5H2,1H3. The Bertz CT molecular complexity index is 404. The molecule has 0 radical (unpaired) electrons. The smallest absolute Gasteiger partial charge is 0.309 e. The molecule has 4 bridgehead atoms. The van der Waals surface area contributed by atoms with Crippen molar-refractivity contribution in [1.82, 2.24) is 0 Å². The predicted octanol–water partition coefficient (Wildman–Crippen LogP) is 2.33. The SMILES string of the molecule is CC1C2CCC1C1C3CC(C4COC(=O)C43)C21. The number of esters is 1. The number of hydrogen-bond donors (Lipinski definition) is 0. The van der Waals surface area contributed by atoms with Crippen molar-refractivity contribution in [1.29, 1.82) is 0 Å². The van der Waals surface area contributed by atoms with Gasteiger partial charge in [-0.3, -0.25) is 4.79 Å². The van der Waals surface area contributed by atoms with Crippen LogP contribution in [0.3, 0.4) is 0 Å². The maximum absolute atomic E-state index is 11.9. The fourth-order valence-corrected chi connectivity index (χ4v) is 7.00. The average Bonchev–Trinajstić information content (AvgIpc) is 3.05. The molecular weight excluding hydrogens is 212 g/mol. The summed E-state index contributed by atoms with van der Waals surface area (Å²) in [6, 6.07) is 0. The van der Waals surface area contributed by atoms with E-state index in [1.54, 1.807) is 0 Å². The lowest BCUT2D eigenvalue weighted by molar-refractivity contribution is -0.143. The van der Waals surface area contributed by atoms with Gasteiger partial charge in [0, 0.05) is 5.92 Å². The fraction of sp³-hybridized carbons (Fsp3) is 0.933. The second-order valence-electron chi connectivity index (χ2n) is 7.30. The van der Waals surface area contributed by atoms with E-state index in [9.17, 15) is 4.79 Å². The Kier molecular flexibility index (Phi) is 1.51. The Labute approximate surface area is 102 Å². The molecular formula is C15H20O2. The van der Waals surface area contributed by atoms with Crippen LogP contribution in [-0.2, 0) is 9.53 Å². The Morgan fingerprint density at radius 1 is 1.00 bits per heavy atom. The number of rotatable bonds is 0. The normalized spacial score (nSPS) is 66.2. The lowest BCUT2D eigenvalue weighted by atomic mass is 9.64. The minimum absolute atomic E-state index is 0.149. The van der Waals surface area contributed by atoms with Crippen LogP contribution in [0.4, 0.5) is 0 Å². The van der Waals surface area contributed by atoms with Crippen LogP contribution >= 0.6 is 0 Å². The highest BCUT2D eigenvalue weighted by Gasteiger charge is 2.70. The lowest BCUT2D eigenvalue weighted by Crippen LogP contribution is -2.38. The van der Waals surface area contributed by atoms with E-state index in [4.69, 9.17) is 4.74 Å². The molecule has 2 nitrogen and oxygen atoms in total. The van der Waals surface area contributed by atoms with Crippen LogP contribution in [0.5, 0.6) is 0 Å². The van der Waals surface area contributed by atoms with Gasteiger partial charge >= 0.3 is 5.97 Å². The molecule has 0 aromatic carbocycles. The molecule has 0 aromatic heterocycles. The highest BCUT2D eigenvalue weighted by Crippen LogP contribution is 2.72. The molecule has 0 amide bonds. The second kappa shape index (κ2) is 2.73. The third-order valence-corrected chi connectivity index (χ3v) is 7.31. The van der Waals surface area contributed by atoms with Crippen molar-refractivity contribution in [3.63, 3.8) is 0 Å². The van der Waals surface area contributed by atoms with Gasteiger partial charge in [0.15, 0.2) is 0 Å². The number of fused-ring (bicyclic) bond motifs is 12. The van der Waals surface area contributed by atoms with Crippen LogP contribution in [0.15, 0.2) is 0 Å². The highest BCUT2D eigenvalue weighted by atomic mass is 16.5. The maximum Gasteiger partial charge on any atom is 0.309 e. The topological polar surface area (TPSA) is 26.3 Å². The molecule has 92 valence electrons. The van der Waals surface area contributed by atoms with Crippen LogP contribution in [-0.4, -0.2) is 12.6 Å². The Morgan fingerprint density at radius 2 is 1.71 bits per heavy atom. The van der Waals surface area contributed by atoms with Crippen molar-refractivity contribution in [2.45, 2.75) is 26.2 Å². The lowest BCUT2D eigenvalue weighted by Gasteiger charge is -2.38. The Hall–Kier alpha value is -0.530. The van der Waals surface area contributed by atoms with Crippen LogP contribution < -0.4 is 0 Å². The molecule has 2 heteroatoms. The van der Waals surface area contributed by atoms with Gasteiger partial charge in [0.1, 0.15) is 0 Å². The molecule has 0 spiro atoms. The molecule has 5 fully saturated rings. The maximum atomic E-state index is 11.9. The Balaban J connectivity index is 1.59. The van der Waals surface area contributed by atoms with E-state index in [1.807, 2.05) is 0 Å². The largest absolute Gasteiger partial charge is 0.465 e. The molecule has 1 saturated heterocycles. The van der Waals surface area contributed by atoms with Crippen LogP contribution in [0.1, 0.15) is 26.2 Å². The first kappa shape index (κ1) is 9.41. The summed E-state index contributed by atoms with van der Waals surface area (Å²) >= 11 is 0. The number of ether oxygens (including phenoxy) is 1. The second-order valence-corrected chi connectivity index (χ2v) is 7.30. The van der Waals surface area contributed by atoms with Crippen LogP contribution in [0.2, 0.25) is 0 Å². The van der Waals surface area contributed by atoms with Gasteiger partial charge in [-0.1, -0.05) is 6.92 Å². The molecule has 4 saturated carbocycles. The summed E-state index contributed by atoms with van der Waals surface area (Å²) in [6.07, 6.45) is 4.28. The minimum atomic E-state index is 0.149. The molecule has 1 heterocycles. The molecule has 0 aromatic rings. The van der Waals surface area contributed by atoms with Gasteiger partial charge in [-0.05, 0) is 60.7 Å². The quantitative estimate of drug-likeness (QED) is 0.473. The zero-order valence-electron chi connectivity index (χ0n) is 10.3. The van der Waals surface area contributed by atoms with E-state index in [0.29, 0.717) is 17.8 Å². The number of carbonyl (C=O) groups excluding carboxylic acids is 1.